The van der Waals surface area contributed by atoms with Crippen LogP contribution in [0.4, 0.5) is 16.2 Å². The van der Waals surface area contributed by atoms with Gasteiger partial charge in [0.25, 0.3) is 5.91 Å². The maximum absolute atomic E-state index is 13.4. The molecule has 182 valence electrons. The molecule has 0 saturated heterocycles. The number of allylic oxidation sites excluding steroid dienone is 2. The lowest BCUT2D eigenvalue weighted by Gasteiger charge is -2.45. The minimum Gasteiger partial charge on any atom is -0.463 e. The number of aromatic nitrogens is 2. The summed E-state index contributed by atoms with van der Waals surface area (Å²) in [7, 11) is 3.88. The van der Waals surface area contributed by atoms with Crippen molar-refractivity contribution in [3.05, 3.63) is 66.3 Å². The van der Waals surface area contributed by atoms with E-state index in [9.17, 15) is 9.18 Å². The second-order valence-electron chi connectivity index (χ2n) is 8.57. The lowest BCUT2D eigenvalue weighted by Crippen LogP contribution is -2.59. The summed E-state index contributed by atoms with van der Waals surface area (Å²) >= 11 is 0. The van der Waals surface area contributed by atoms with Gasteiger partial charge in [-0.3, -0.25) is 4.79 Å². The lowest BCUT2D eigenvalue weighted by atomic mass is 9.75. The summed E-state index contributed by atoms with van der Waals surface area (Å²) in [5.74, 6) is 0.952. The molecule has 1 aliphatic heterocycles. The van der Waals surface area contributed by atoms with Gasteiger partial charge in [-0.25, -0.2) is 9.37 Å². The highest BCUT2D eigenvalue weighted by atomic mass is 35.5. The van der Waals surface area contributed by atoms with Gasteiger partial charge < -0.3 is 26.0 Å². The van der Waals surface area contributed by atoms with Gasteiger partial charge in [-0.1, -0.05) is 0 Å². The topological polar surface area (TPSA) is 105 Å². The summed E-state index contributed by atoms with van der Waals surface area (Å²) in [4.78, 5) is 23.2. The maximum Gasteiger partial charge on any atom is 0.250 e. The second-order valence-corrected chi connectivity index (χ2v) is 8.57. The summed E-state index contributed by atoms with van der Waals surface area (Å²) in [6, 6.07) is 7.83. The molecule has 1 aliphatic carbocycles. The number of nitrogens with zero attached hydrogens (tertiary/aromatic N) is 3. The Labute approximate surface area is 204 Å². The van der Waals surface area contributed by atoms with Crippen molar-refractivity contribution in [2.24, 2.45) is 11.7 Å². The molecule has 1 aromatic carbocycles. The largest absolute Gasteiger partial charge is 0.463 e. The molecule has 2 heterocycles. The Morgan fingerprint density at radius 1 is 1.21 bits per heavy atom. The van der Waals surface area contributed by atoms with E-state index in [1.165, 1.54) is 12.1 Å². The molecular weight excluding hydrogens is 459 g/mol. The number of anilines is 2. The third kappa shape index (κ3) is 5.41. The molecule has 2 aliphatic rings. The standard InChI is InChI=1S/C24H29FN6O2.ClH/c1-31(2)21-13-15-27-23(30-21)29-18-9-5-16(6-10-18)24(20(22(26)32)4-3-14-28-24)33-19-11-7-17(25)8-12-19;/h3-4,7-8,11-16,18,28H,5-6,9-10H2,1-2H3,(H2,26,32)(H,27,29,30);1H. The molecule has 2 aromatic rings. The van der Waals surface area contributed by atoms with Crippen LogP contribution in [0.2, 0.25) is 0 Å². The highest BCUT2D eigenvalue weighted by Gasteiger charge is 2.48. The average molecular weight is 489 g/mol. The average Bonchev–Trinajstić information content (AvgIpc) is 2.81. The van der Waals surface area contributed by atoms with Crippen LogP contribution in [0.3, 0.4) is 0 Å². The molecule has 8 nitrogen and oxygen atoms in total. The minimum atomic E-state index is -1.12. The maximum atomic E-state index is 13.4. The third-order valence-electron chi connectivity index (χ3n) is 6.15. The summed E-state index contributed by atoms with van der Waals surface area (Å²) < 4.78 is 19.8. The van der Waals surface area contributed by atoms with E-state index < -0.39 is 11.6 Å². The van der Waals surface area contributed by atoms with Gasteiger partial charge in [0, 0.05) is 38.5 Å². The van der Waals surface area contributed by atoms with Crippen molar-refractivity contribution in [1.29, 1.82) is 0 Å². The fraction of sp³-hybridized carbons (Fsp3) is 0.375. The van der Waals surface area contributed by atoms with Gasteiger partial charge in [0.05, 0.1) is 5.57 Å². The Morgan fingerprint density at radius 3 is 2.56 bits per heavy atom. The number of nitrogens with one attached hydrogen (secondary N) is 2. The van der Waals surface area contributed by atoms with Crippen molar-refractivity contribution in [2.45, 2.75) is 37.5 Å². The zero-order valence-corrected chi connectivity index (χ0v) is 20.0. The number of amides is 1. The van der Waals surface area contributed by atoms with E-state index in [-0.39, 0.29) is 30.2 Å². The van der Waals surface area contributed by atoms with Crippen LogP contribution in [-0.4, -0.2) is 41.7 Å². The van der Waals surface area contributed by atoms with Crippen molar-refractivity contribution < 1.29 is 13.9 Å². The first kappa shape index (κ1) is 25.3. The van der Waals surface area contributed by atoms with Crippen LogP contribution in [-0.2, 0) is 4.79 Å². The molecule has 34 heavy (non-hydrogen) atoms. The van der Waals surface area contributed by atoms with Crippen LogP contribution in [0.15, 0.2) is 60.5 Å². The zero-order chi connectivity index (χ0) is 23.4. The van der Waals surface area contributed by atoms with Gasteiger partial charge in [0.15, 0.2) is 0 Å². The van der Waals surface area contributed by atoms with Gasteiger partial charge in [-0.15, -0.1) is 12.4 Å². The highest BCUT2D eigenvalue weighted by molar-refractivity contribution is 5.94. The molecule has 1 unspecified atom stereocenters. The van der Waals surface area contributed by atoms with Crippen molar-refractivity contribution in [2.75, 3.05) is 24.3 Å². The summed E-state index contributed by atoms with van der Waals surface area (Å²) in [5, 5.41) is 6.70. The van der Waals surface area contributed by atoms with Crippen LogP contribution in [0.1, 0.15) is 25.7 Å². The number of carbonyl (C=O) groups excluding carboxylic acids is 1. The molecule has 0 radical (unpaired) electrons. The Bertz CT molecular complexity index is 1050. The molecule has 1 atom stereocenters. The monoisotopic (exact) mass is 488 g/mol. The van der Waals surface area contributed by atoms with Crippen molar-refractivity contribution in [1.82, 2.24) is 15.3 Å². The number of hydrogen-bond acceptors (Lipinski definition) is 7. The van der Waals surface area contributed by atoms with Gasteiger partial charge in [-0.2, -0.15) is 4.98 Å². The number of rotatable bonds is 7. The molecule has 4 rings (SSSR count). The van der Waals surface area contributed by atoms with E-state index in [4.69, 9.17) is 10.5 Å². The molecule has 0 bridgehead atoms. The molecule has 1 saturated carbocycles. The first-order chi connectivity index (χ1) is 15.9. The van der Waals surface area contributed by atoms with Crippen LogP contribution >= 0.6 is 12.4 Å². The fourth-order valence-corrected chi connectivity index (χ4v) is 4.47. The highest BCUT2D eigenvalue weighted by Crippen LogP contribution is 2.40. The molecule has 10 heteroatoms. The van der Waals surface area contributed by atoms with Gasteiger partial charge in [0.2, 0.25) is 11.7 Å². The number of hydrogen-bond donors (Lipinski definition) is 3. The van der Waals surface area contributed by atoms with E-state index in [1.54, 1.807) is 36.7 Å². The molecule has 0 spiro atoms. The Balaban J connectivity index is 0.00000324. The van der Waals surface area contributed by atoms with Gasteiger partial charge in [-0.05, 0) is 68.2 Å². The lowest BCUT2D eigenvalue weighted by molar-refractivity contribution is -0.118. The minimum absolute atomic E-state index is 0. The number of nitrogens with two attached hydrogens (primary N) is 1. The third-order valence-corrected chi connectivity index (χ3v) is 6.15. The van der Waals surface area contributed by atoms with Crippen molar-refractivity contribution >= 4 is 30.1 Å². The predicted molar refractivity (Wildman–Crippen MR) is 132 cm³/mol. The van der Waals surface area contributed by atoms with E-state index in [1.807, 2.05) is 25.1 Å². The van der Waals surface area contributed by atoms with E-state index in [2.05, 4.69) is 20.6 Å². The van der Waals surface area contributed by atoms with Crippen molar-refractivity contribution in [3.63, 3.8) is 0 Å². The van der Waals surface area contributed by atoms with E-state index in [0.717, 1.165) is 31.5 Å². The van der Waals surface area contributed by atoms with Crippen LogP contribution in [0.25, 0.3) is 0 Å². The Kier molecular flexibility index (Phi) is 7.98. The number of carbonyl (C=O) groups is 1. The number of ether oxygens (including phenoxy) is 1. The van der Waals surface area contributed by atoms with Crippen LogP contribution in [0.5, 0.6) is 5.75 Å². The predicted octanol–water partition coefficient (Wildman–Crippen LogP) is 3.38. The Morgan fingerprint density at radius 2 is 1.91 bits per heavy atom. The number of dihydropyridines is 1. The summed E-state index contributed by atoms with van der Waals surface area (Å²) in [6.45, 7) is 0. The smallest absolute Gasteiger partial charge is 0.250 e. The van der Waals surface area contributed by atoms with Gasteiger partial charge in [0.1, 0.15) is 17.4 Å². The van der Waals surface area contributed by atoms with Crippen LogP contribution in [0, 0.1) is 11.7 Å². The number of primary amides is 1. The second kappa shape index (κ2) is 10.7. The quantitative estimate of drug-likeness (QED) is 0.548. The fourth-order valence-electron chi connectivity index (χ4n) is 4.47. The molecule has 1 amide bonds. The first-order valence-electron chi connectivity index (χ1n) is 11.0. The van der Waals surface area contributed by atoms with E-state index in [0.29, 0.717) is 17.3 Å². The zero-order valence-electron chi connectivity index (χ0n) is 19.2. The summed E-state index contributed by atoms with van der Waals surface area (Å²) in [6.07, 6.45) is 10.1. The summed E-state index contributed by atoms with van der Waals surface area (Å²) in [5.41, 5.74) is 4.98. The molecule has 1 aromatic heterocycles. The number of benzene rings is 1. The first-order valence-corrected chi connectivity index (χ1v) is 11.0. The SMILES string of the molecule is CN(C)c1ccnc(NC2CCC(C3(Oc4ccc(F)cc4)NC=CC=C3C(N)=O)CC2)n1.Cl. The van der Waals surface area contributed by atoms with Crippen molar-refractivity contribution in [3.8, 4) is 5.75 Å². The molecule has 1 fully saturated rings. The van der Waals surface area contributed by atoms with Crippen LogP contribution < -0.4 is 26.0 Å². The van der Waals surface area contributed by atoms with E-state index >= 15 is 0 Å². The molecule has 4 N–H and O–H groups in total. The molecular formula is C24H30ClFN6O2. The number of halogens is 2. The normalized spacial score (nSPS) is 23.7. The Hall–Kier alpha value is -3.33. The van der Waals surface area contributed by atoms with Gasteiger partial charge >= 0.3 is 0 Å².